The number of aliphatic hydroxyl groups is 1. The van der Waals surface area contributed by atoms with Gasteiger partial charge in [-0.3, -0.25) is 9.69 Å². The highest BCUT2D eigenvalue weighted by molar-refractivity contribution is 7.08. The van der Waals surface area contributed by atoms with Gasteiger partial charge in [-0.05, 0) is 42.9 Å². The van der Waals surface area contributed by atoms with Crippen molar-refractivity contribution >= 4 is 22.9 Å². The van der Waals surface area contributed by atoms with E-state index in [9.17, 15) is 15.2 Å². The van der Waals surface area contributed by atoms with Crippen LogP contribution in [-0.4, -0.2) is 47.7 Å². The predicted octanol–water partition coefficient (Wildman–Crippen LogP) is 3.60. The van der Waals surface area contributed by atoms with Crippen molar-refractivity contribution in [3.63, 3.8) is 0 Å². The van der Waals surface area contributed by atoms with Crippen molar-refractivity contribution in [3.8, 4) is 17.2 Å². The van der Waals surface area contributed by atoms with Gasteiger partial charge in [0.2, 0.25) is 5.91 Å². The minimum Gasteiger partial charge on any atom is -0.395 e. The second-order valence-electron chi connectivity index (χ2n) is 8.65. The van der Waals surface area contributed by atoms with Gasteiger partial charge in [0.15, 0.2) is 0 Å². The van der Waals surface area contributed by atoms with Gasteiger partial charge in [-0.1, -0.05) is 38.1 Å². The third-order valence-electron chi connectivity index (χ3n) is 5.95. The number of amides is 1. The molecule has 7 heteroatoms. The fourth-order valence-electron chi connectivity index (χ4n) is 4.35. The lowest BCUT2D eigenvalue weighted by atomic mass is 9.99. The first-order valence-corrected chi connectivity index (χ1v) is 11.8. The van der Waals surface area contributed by atoms with Crippen molar-refractivity contribution in [2.45, 2.75) is 51.7 Å². The largest absolute Gasteiger partial charge is 0.395 e. The summed E-state index contributed by atoms with van der Waals surface area (Å²) in [5.74, 6) is -0.117. The molecule has 6 nitrogen and oxygen atoms in total. The van der Waals surface area contributed by atoms with Crippen LogP contribution >= 0.6 is 11.3 Å². The monoisotopic (exact) mass is 440 g/mol. The van der Waals surface area contributed by atoms with E-state index in [1.807, 2.05) is 10.3 Å². The standard InChI is InChI=1S/C24H32N4O2S/c1-17(2)12-22(24(26)30)28(11-9-25)23-16-31-15-21(23)19-7-5-18(6-8-19)13-27-10-3-4-20(27)14-29/h5-8,15-17,20,22,29H,3-4,10-14H2,1-2H3,(H2,26,30)/t20-,22-/m0/s1. The number of anilines is 1. The van der Waals surface area contributed by atoms with Crippen LogP contribution in [0, 0.1) is 17.2 Å². The highest BCUT2D eigenvalue weighted by atomic mass is 32.1. The van der Waals surface area contributed by atoms with Crippen LogP contribution in [-0.2, 0) is 11.3 Å². The molecule has 1 aliphatic rings. The molecule has 2 aromatic rings. The Bertz CT molecular complexity index is 903. The topological polar surface area (TPSA) is 93.6 Å². The van der Waals surface area contributed by atoms with E-state index in [1.165, 1.54) is 5.56 Å². The molecular formula is C24H32N4O2S. The average molecular weight is 441 g/mol. The Balaban J connectivity index is 1.83. The molecule has 3 N–H and O–H groups in total. The van der Waals surface area contributed by atoms with E-state index in [0.717, 1.165) is 42.7 Å². The third-order valence-corrected chi connectivity index (χ3v) is 6.68. The van der Waals surface area contributed by atoms with Gasteiger partial charge >= 0.3 is 0 Å². The number of thiophene rings is 1. The van der Waals surface area contributed by atoms with E-state index in [4.69, 9.17) is 5.73 Å². The number of primary amides is 1. The number of carbonyl (C=O) groups is 1. The summed E-state index contributed by atoms with van der Waals surface area (Å²) in [5, 5.41) is 23.0. The zero-order valence-corrected chi connectivity index (χ0v) is 19.1. The smallest absolute Gasteiger partial charge is 0.240 e. The minimum atomic E-state index is -0.516. The average Bonchev–Trinajstić information content (AvgIpc) is 3.40. The Hall–Kier alpha value is -2.40. The molecule has 3 rings (SSSR count). The second-order valence-corrected chi connectivity index (χ2v) is 9.39. The van der Waals surface area contributed by atoms with Gasteiger partial charge in [0.25, 0.3) is 0 Å². The molecule has 1 aliphatic heterocycles. The minimum absolute atomic E-state index is 0.111. The van der Waals surface area contributed by atoms with E-state index >= 15 is 0 Å². The summed E-state index contributed by atoms with van der Waals surface area (Å²) >= 11 is 1.56. The number of nitriles is 1. The summed E-state index contributed by atoms with van der Waals surface area (Å²) in [4.78, 5) is 16.4. The van der Waals surface area contributed by atoms with Crippen molar-refractivity contribution in [2.75, 3.05) is 24.6 Å². The summed E-state index contributed by atoms with van der Waals surface area (Å²) in [6, 6.07) is 10.4. The Labute approximate surface area is 188 Å². The fraction of sp³-hybridized carbons (Fsp3) is 0.500. The second kappa shape index (κ2) is 10.8. The molecule has 0 radical (unpaired) electrons. The molecule has 1 amide bonds. The summed E-state index contributed by atoms with van der Waals surface area (Å²) < 4.78 is 0. The van der Waals surface area contributed by atoms with Crippen molar-refractivity contribution in [1.29, 1.82) is 5.26 Å². The Kier molecular flexibility index (Phi) is 8.08. The number of nitrogens with zero attached hydrogens (tertiary/aromatic N) is 3. The molecule has 1 aromatic carbocycles. The SMILES string of the molecule is CC(C)C[C@@H](C(N)=O)N(CC#N)c1cscc1-c1ccc(CN2CCC[C@H]2CO)cc1. The highest BCUT2D eigenvalue weighted by Gasteiger charge is 2.28. The summed E-state index contributed by atoms with van der Waals surface area (Å²) in [6.07, 6.45) is 2.79. The van der Waals surface area contributed by atoms with Crippen LogP contribution in [0.4, 0.5) is 5.69 Å². The van der Waals surface area contributed by atoms with Crippen LogP contribution in [0.1, 0.15) is 38.7 Å². The lowest BCUT2D eigenvalue weighted by Gasteiger charge is -2.31. The number of rotatable bonds is 10. The zero-order valence-electron chi connectivity index (χ0n) is 18.3. The Morgan fingerprint density at radius 1 is 1.35 bits per heavy atom. The molecule has 0 spiro atoms. The lowest BCUT2D eigenvalue weighted by molar-refractivity contribution is -0.119. The molecule has 2 atom stereocenters. The van der Waals surface area contributed by atoms with Crippen LogP contribution in [0.2, 0.25) is 0 Å². The number of likely N-dealkylation sites (tertiary alicyclic amines) is 1. The number of nitrogens with two attached hydrogens (primary N) is 1. The van der Waals surface area contributed by atoms with Crippen LogP contribution in [0.25, 0.3) is 11.1 Å². The van der Waals surface area contributed by atoms with Gasteiger partial charge in [0.05, 0.1) is 18.4 Å². The van der Waals surface area contributed by atoms with Crippen LogP contribution in [0.3, 0.4) is 0 Å². The lowest BCUT2D eigenvalue weighted by Crippen LogP contribution is -2.46. The van der Waals surface area contributed by atoms with E-state index in [2.05, 4.69) is 54.5 Å². The maximum atomic E-state index is 12.2. The summed E-state index contributed by atoms with van der Waals surface area (Å²) in [7, 11) is 0. The van der Waals surface area contributed by atoms with Crippen LogP contribution < -0.4 is 10.6 Å². The first-order chi connectivity index (χ1) is 14.9. The highest BCUT2D eigenvalue weighted by Crippen LogP contribution is 2.36. The maximum Gasteiger partial charge on any atom is 0.240 e. The zero-order chi connectivity index (χ0) is 22.4. The number of hydrogen-bond acceptors (Lipinski definition) is 6. The quantitative estimate of drug-likeness (QED) is 0.551. The molecule has 1 aromatic heterocycles. The number of benzene rings is 1. The first kappa shape index (κ1) is 23.3. The summed E-state index contributed by atoms with van der Waals surface area (Å²) in [6.45, 7) is 6.28. The van der Waals surface area contributed by atoms with Crippen molar-refractivity contribution in [3.05, 3.63) is 40.6 Å². The number of carbonyl (C=O) groups excluding carboxylic acids is 1. The van der Waals surface area contributed by atoms with Gasteiger partial charge in [0, 0.05) is 28.9 Å². The van der Waals surface area contributed by atoms with Gasteiger partial charge in [-0.25, -0.2) is 0 Å². The van der Waals surface area contributed by atoms with E-state index < -0.39 is 11.9 Å². The van der Waals surface area contributed by atoms with Crippen molar-refractivity contribution < 1.29 is 9.90 Å². The molecule has 0 saturated carbocycles. The van der Waals surface area contributed by atoms with E-state index in [0.29, 0.717) is 6.42 Å². The molecule has 0 aliphatic carbocycles. The van der Waals surface area contributed by atoms with Crippen LogP contribution in [0.15, 0.2) is 35.0 Å². The van der Waals surface area contributed by atoms with Crippen molar-refractivity contribution in [1.82, 2.24) is 4.90 Å². The van der Waals surface area contributed by atoms with Gasteiger partial charge in [0.1, 0.15) is 12.6 Å². The molecule has 1 saturated heterocycles. The molecule has 0 unspecified atom stereocenters. The van der Waals surface area contributed by atoms with Crippen LogP contribution in [0.5, 0.6) is 0 Å². The first-order valence-electron chi connectivity index (χ1n) is 10.9. The van der Waals surface area contributed by atoms with Gasteiger partial charge in [-0.15, -0.1) is 11.3 Å². The molecular weight excluding hydrogens is 408 g/mol. The normalized spacial score (nSPS) is 17.6. The number of hydrogen-bond donors (Lipinski definition) is 2. The third kappa shape index (κ3) is 5.65. The Morgan fingerprint density at radius 3 is 2.71 bits per heavy atom. The molecule has 166 valence electrons. The Morgan fingerprint density at radius 2 is 2.10 bits per heavy atom. The van der Waals surface area contributed by atoms with E-state index in [1.54, 1.807) is 11.3 Å². The van der Waals surface area contributed by atoms with Crippen molar-refractivity contribution in [2.24, 2.45) is 11.7 Å². The summed E-state index contributed by atoms with van der Waals surface area (Å²) in [5.41, 5.74) is 9.88. The molecule has 31 heavy (non-hydrogen) atoms. The van der Waals surface area contributed by atoms with Gasteiger partial charge < -0.3 is 15.7 Å². The molecule has 2 heterocycles. The maximum absolute atomic E-state index is 12.2. The number of aliphatic hydroxyl groups excluding tert-OH is 1. The van der Waals surface area contributed by atoms with Gasteiger partial charge in [-0.2, -0.15) is 5.26 Å². The predicted molar refractivity (Wildman–Crippen MR) is 126 cm³/mol. The molecule has 0 bridgehead atoms. The fourth-order valence-corrected chi connectivity index (χ4v) is 5.20. The molecule has 1 fully saturated rings. The van der Waals surface area contributed by atoms with E-state index in [-0.39, 0.29) is 25.1 Å².